The summed E-state index contributed by atoms with van der Waals surface area (Å²) >= 11 is 3.79. The molecular weight excluding hydrogens is 312 g/mol. The van der Waals surface area contributed by atoms with E-state index in [1.807, 2.05) is 23.5 Å². The summed E-state index contributed by atoms with van der Waals surface area (Å²) in [5.41, 5.74) is 2.69. The van der Waals surface area contributed by atoms with E-state index in [2.05, 4.69) is 24.3 Å². The van der Waals surface area contributed by atoms with Crippen molar-refractivity contribution >= 4 is 23.5 Å². The lowest BCUT2D eigenvalue weighted by atomic mass is 10.2. The molecule has 0 amide bonds. The quantitative estimate of drug-likeness (QED) is 0.823. The fourth-order valence-corrected chi connectivity index (χ4v) is 5.92. The largest absolute Gasteiger partial charge is 0.392 e. The second kappa shape index (κ2) is 8.09. The lowest BCUT2D eigenvalue weighted by Gasteiger charge is -2.15. The molecule has 0 bridgehead atoms. The zero-order valence-corrected chi connectivity index (χ0v) is 14.6. The molecule has 2 nitrogen and oxygen atoms in total. The number of hydrogen-bond donors (Lipinski definition) is 2. The second-order valence-corrected chi connectivity index (χ2v) is 8.97. The molecule has 2 N–H and O–H groups in total. The Bertz CT molecular complexity index is 420. The molecule has 0 saturated heterocycles. The molecule has 0 radical (unpaired) electrons. The summed E-state index contributed by atoms with van der Waals surface area (Å²) in [4.78, 5) is 0. The van der Waals surface area contributed by atoms with Crippen molar-refractivity contribution in [1.29, 1.82) is 0 Å². The summed E-state index contributed by atoms with van der Waals surface area (Å²) in [6, 6.07) is 8.87. The predicted octanol–water partition coefficient (Wildman–Crippen LogP) is 3.98. The monoisotopic (exact) mass is 338 g/mol. The van der Waals surface area contributed by atoms with Gasteiger partial charge in [-0.25, -0.2) is 0 Å². The third-order valence-electron chi connectivity index (χ3n) is 4.79. The van der Waals surface area contributed by atoms with Gasteiger partial charge in [0.15, 0.2) is 0 Å². The van der Waals surface area contributed by atoms with Crippen LogP contribution in [0.5, 0.6) is 0 Å². The van der Waals surface area contributed by atoms with Crippen LogP contribution in [0.15, 0.2) is 24.3 Å². The van der Waals surface area contributed by atoms with Crippen molar-refractivity contribution in [3.63, 3.8) is 0 Å². The molecule has 2 fully saturated rings. The molecule has 1 aromatic rings. The first-order valence-electron chi connectivity index (χ1n) is 8.39. The fraction of sp³-hybridized carbons (Fsp3) is 0.667. The van der Waals surface area contributed by atoms with Gasteiger partial charge in [-0.1, -0.05) is 24.3 Å². The number of aliphatic hydroxyl groups is 2. The van der Waals surface area contributed by atoms with E-state index in [9.17, 15) is 10.2 Å². The molecule has 3 rings (SSSR count). The Labute approximate surface area is 142 Å². The molecule has 2 saturated carbocycles. The van der Waals surface area contributed by atoms with Gasteiger partial charge in [0, 0.05) is 22.0 Å². The fourth-order valence-electron chi connectivity index (χ4n) is 3.34. The number of benzene rings is 1. The van der Waals surface area contributed by atoms with Crippen molar-refractivity contribution in [3.8, 4) is 0 Å². The van der Waals surface area contributed by atoms with Gasteiger partial charge >= 0.3 is 0 Å². The van der Waals surface area contributed by atoms with Crippen LogP contribution in [0.1, 0.15) is 49.7 Å². The maximum Gasteiger partial charge on any atom is 0.0658 e. The molecule has 0 spiro atoms. The first-order valence-corrected chi connectivity index (χ1v) is 10.5. The van der Waals surface area contributed by atoms with E-state index in [1.54, 1.807) is 0 Å². The summed E-state index contributed by atoms with van der Waals surface area (Å²) in [5, 5.41) is 20.6. The van der Waals surface area contributed by atoms with E-state index >= 15 is 0 Å². The lowest BCUT2D eigenvalue weighted by Crippen LogP contribution is -2.15. The third kappa shape index (κ3) is 4.44. The van der Waals surface area contributed by atoms with Gasteiger partial charge in [-0.15, -0.1) is 0 Å². The van der Waals surface area contributed by atoms with Crippen LogP contribution in [0.3, 0.4) is 0 Å². The SMILES string of the molecule is O[C@@H]1CCC[C@H]1SCc1ccc(CS[C@@H]2CCC[C@H]2O)cc1. The molecule has 4 heteroatoms. The molecular formula is C18H26O2S2. The Morgan fingerprint density at radius 2 is 1.14 bits per heavy atom. The first-order chi connectivity index (χ1) is 10.7. The maximum absolute atomic E-state index is 9.86. The first kappa shape index (κ1) is 16.7. The van der Waals surface area contributed by atoms with Gasteiger partial charge in [-0.2, -0.15) is 23.5 Å². The van der Waals surface area contributed by atoms with E-state index in [0.717, 1.165) is 37.2 Å². The smallest absolute Gasteiger partial charge is 0.0658 e. The van der Waals surface area contributed by atoms with Crippen molar-refractivity contribution in [3.05, 3.63) is 35.4 Å². The van der Waals surface area contributed by atoms with Gasteiger partial charge in [0.2, 0.25) is 0 Å². The Hall–Kier alpha value is -0.160. The van der Waals surface area contributed by atoms with Crippen molar-refractivity contribution in [2.45, 2.75) is 72.7 Å². The molecule has 1 aromatic carbocycles. The number of rotatable bonds is 6. The topological polar surface area (TPSA) is 40.5 Å². The number of hydrogen-bond acceptors (Lipinski definition) is 4. The van der Waals surface area contributed by atoms with Gasteiger partial charge in [0.1, 0.15) is 0 Å². The molecule has 2 aliphatic carbocycles. The summed E-state index contributed by atoms with van der Waals surface area (Å²) in [6.07, 6.45) is 6.40. The number of thioether (sulfide) groups is 2. The van der Waals surface area contributed by atoms with Gasteiger partial charge in [-0.3, -0.25) is 0 Å². The zero-order chi connectivity index (χ0) is 15.4. The van der Waals surface area contributed by atoms with E-state index in [4.69, 9.17) is 0 Å². The second-order valence-electron chi connectivity index (χ2n) is 6.51. The van der Waals surface area contributed by atoms with Gasteiger partial charge in [0.05, 0.1) is 12.2 Å². The van der Waals surface area contributed by atoms with Crippen molar-refractivity contribution in [1.82, 2.24) is 0 Å². The molecule has 0 aliphatic heterocycles. The van der Waals surface area contributed by atoms with Gasteiger partial charge in [-0.05, 0) is 49.7 Å². The minimum Gasteiger partial charge on any atom is -0.392 e. The zero-order valence-electron chi connectivity index (χ0n) is 13.0. The Morgan fingerprint density at radius 1 is 0.727 bits per heavy atom. The van der Waals surface area contributed by atoms with Gasteiger partial charge < -0.3 is 10.2 Å². The van der Waals surface area contributed by atoms with Crippen LogP contribution in [0.25, 0.3) is 0 Å². The highest BCUT2D eigenvalue weighted by molar-refractivity contribution is 7.99. The highest BCUT2D eigenvalue weighted by Gasteiger charge is 2.26. The van der Waals surface area contributed by atoms with Crippen LogP contribution < -0.4 is 0 Å². The van der Waals surface area contributed by atoms with Crippen molar-refractivity contribution in [2.24, 2.45) is 0 Å². The molecule has 2 aliphatic rings. The van der Waals surface area contributed by atoms with Crippen molar-refractivity contribution in [2.75, 3.05) is 0 Å². The summed E-state index contributed by atoms with van der Waals surface area (Å²) < 4.78 is 0. The molecule has 0 heterocycles. The van der Waals surface area contributed by atoms with Crippen LogP contribution in [0.4, 0.5) is 0 Å². The highest BCUT2D eigenvalue weighted by Crippen LogP contribution is 2.33. The molecule has 0 unspecified atom stereocenters. The van der Waals surface area contributed by atoms with Gasteiger partial charge in [0.25, 0.3) is 0 Å². The predicted molar refractivity (Wildman–Crippen MR) is 96.3 cm³/mol. The average molecular weight is 339 g/mol. The number of aliphatic hydroxyl groups excluding tert-OH is 2. The van der Waals surface area contributed by atoms with Crippen LogP contribution in [-0.2, 0) is 11.5 Å². The maximum atomic E-state index is 9.86. The molecule has 0 aromatic heterocycles. The molecule has 22 heavy (non-hydrogen) atoms. The highest BCUT2D eigenvalue weighted by atomic mass is 32.2. The Morgan fingerprint density at radius 3 is 1.45 bits per heavy atom. The van der Waals surface area contributed by atoms with Crippen LogP contribution >= 0.6 is 23.5 Å². The average Bonchev–Trinajstić information content (AvgIpc) is 3.12. The van der Waals surface area contributed by atoms with E-state index in [1.165, 1.54) is 24.0 Å². The van der Waals surface area contributed by atoms with Crippen LogP contribution in [-0.4, -0.2) is 32.9 Å². The summed E-state index contributed by atoms with van der Waals surface area (Å²) in [5.74, 6) is 1.99. The third-order valence-corrected chi connectivity index (χ3v) is 7.74. The standard InChI is InChI=1S/C18H26O2S2/c19-15-3-1-5-17(15)21-11-13-7-9-14(10-8-13)12-22-18-6-2-4-16(18)20/h7-10,15-20H,1-6,11-12H2/t15-,16-,17-,18-/m1/s1. The van der Waals surface area contributed by atoms with Crippen molar-refractivity contribution < 1.29 is 10.2 Å². The summed E-state index contributed by atoms with van der Waals surface area (Å²) in [7, 11) is 0. The Balaban J connectivity index is 1.43. The van der Waals surface area contributed by atoms with E-state index in [-0.39, 0.29) is 12.2 Å². The van der Waals surface area contributed by atoms with Crippen LogP contribution in [0.2, 0.25) is 0 Å². The molecule has 4 atom stereocenters. The minimum absolute atomic E-state index is 0.0986. The summed E-state index contributed by atoms with van der Waals surface area (Å²) in [6.45, 7) is 0. The van der Waals surface area contributed by atoms with E-state index in [0.29, 0.717) is 10.5 Å². The van der Waals surface area contributed by atoms with Crippen LogP contribution in [0, 0.1) is 0 Å². The Kier molecular flexibility index (Phi) is 6.14. The van der Waals surface area contributed by atoms with E-state index < -0.39 is 0 Å². The normalized spacial score (nSPS) is 31.7. The molecule has 122 valence electrons. The minimum atomic E-state index is -0.0986. The lowest BCUT2D eigenvalue weighted by molar-refractivity contribution is 0.187.